The molecule has 44 heavy (non-hydrogen) atoms. The first kappa shape index (κ1) is 39.8. The number of rotatable bonds is 8. The van der Waals surface area contributed by atoms with Gasteiger partial charge in [-0.15, -0.1) is 0 Å². The number of hydrogen-bond acceptors (Lipinski definition) is 6. The number of halogens is 4. The van der Waals surface area contributed by atoms with Crippen LogP contribution in [0.4, 0.5) is 22.7 Å². The smallest absolute Gasteiger partial charge is 0.550 e. The maximum absolute atomic E-state index is 10.9. The largest absolute Gasteiger partial charge is 2.00 e. The molecule has 0 aromatic heterocycles. The zero-order chi connectivity index (χ0) is 31.1. The van der Waals surface area contributed by atoms with Crippen LogP contribution in [0.1, 0.15) is 33.4 Å². The molecule has 12 heteroatoms. The summed E-state index contributed by atoms with van der Waals surface area (Å²) in [6, 6.07) is 18.1. The second kappa shape index (κ2) is 18.1. The molecule has 0 amide bonds. The van der Waals surface area contributed by atoms with Crippen molar-refractivity contribution in [3.8, 4) is 0 Å². The number of nitrogens with one attached hydrogen (secondary N) is 2. The minimum absolute atomic E-state index is 0. The molecule has 4 aromatic rings. The van der Waals surface area contributed by atoms with E-state index in [9.17, 15) is 19.8 Å². The van der Waals surface area contributed by atoms with E-state index in [1.165, 1.54) is 0 Å². The Morgan fingerprint density at radius 3 is 1.23 bits per heavy atom. The number of carbonyl (C=O) groups is 2. The van der Waals surface area contributed by atoms with Gasteiger partial charge in [0.25, 0.3) is 0 Å². The predicted molar refractivity (Wildman–Crippen MR) is 178 cm³/mol. The Bertz CT molecular complexity index is 1530. The van der Waals surface area contributed by atoms with E-state index in [0.717, 1.165) is 22.3 Å². The van der Waals surface area contributed by atoms with Crippen LogP contribution in [0.25, 0.3) is 0 Å². The molecule has 0 unspecified atom stereocenters. The number of aryl methyl sites for hydroxylation is 2. The molecular weight excluding hydrogens is 674 g/mol. The minimum atomic E-state index is -1.12. The van der Waals surface area contributed by atoms with Crippen molar-refractivity contribution in [1.82, 2.24) is 0 Å². The van der Waals surface area contributed by atoms with Crippen molar-refractivity contribution >= 4 is 119 Å². The number of carbonyl (C=O) groups excluding carboxylic acids is 2. The summed E-state index contributed by atoms with van der Waals surface area (Å²) in [5.41, 5.74) is 7.56. The first-order valence-corrected chi connectivity index (χ1v) is 14.3. The molecule has 0 atom stereocenters. The van der Waals surface area contributed by atoms with Crippen LogP contribution in [-0.4, -0.2) is 55.2 Å². The van der Waals surface area contributed by atoms with Crippen molar-refractivity contribution < 1.29 is 25.3 Å². The fraction of sp³-hybridized carbons (Fsp3) is 0.188. The van der Waals surface area contributed by atoms with E-state index in [1.54, 1.807) is 24.3 Å². The molecular formula is C32H30CaCl4N2O5. The third-order valence-electron chi connectivity index (χ3n) is 6.37. The Morgan fingerprint density at radius 2 is 0.909 bits per heavy atom. The van der Waals surface area contributed by atoms with Crippen LogP contribution in [0.3, 0.4) is 0 Å². The number of aliphatic carboxylic acids is 2. The van der Waals surface area contributed by atoms with Gasteiger partial charge >= 0.3 is 37.7 Å². The Labute approximate surface area is 306 Å². The molecule has 0 bridgehead atoms. The van der Waals surface area contributed by atoms with E-state index < -0.39 is 11.9 Å². The maximum Gasteiger partial charge on any atom is 2.00 e. The quantitative estimate of drug-likeness (QED) is 0.213. The minimum Gasteiger partial charge on any atom is -0.550 e. The monoisotopic (exact) mass is 702 g/mol. The summed E-state index contributed by atoms with van der Waals surface area (Å²) in [6.45, 7) is 7.46. The standard InChI is InChI=1S/2C16H15Cl2NO2.Ca.H2O/c2*1-9-3-5-13(11(7-9)8-15(20)21)19-14-6-4-12(17)10(2)16(14)18;;/h2*3-7,19H,8H2,1-2H3,(H,20,21);;1H2/q;;+2;/p-2. The van der Waals surface area contributed by atoms with Gasteiger partial charge in [-0.1, -0.05) is 81.8 Å². The van der Waals surface area contributed by atoms with Gasteiger partial charge in [0.2, 0.25) is 0 Å². The van der Waals surface area contributed by atoms with Crippen LogP contribution < -0.4 is 20.8 Å². The molecule has 0 radical (unpaired) electrons. The van der Waals surface area contributed by atoms with Crippen LogP contribution in [0.2, 0.25) is 20.1 Å². The molecule has 0 aliphatic rings. The summed E-state index contributed by atoms with van der Waals surface area (Å²) in [4.78, 5) is 21.7. The molecule has 0 heterocycles. The summed E-state index contributed by atoms with van der Waals surface area (Å²) in [6.07, 6.45) is -0.317. The zero-order valence-electron chi connectivity index (χ0n) is 24.5. The van der Waals surface area contributed by atoms with Gasteiger partial charge in [-0.2, -0.15) is 0 Å². The second-order valence-corrected chi connectivity index (χ2v) is 11.3. The zero-order valence-corrected chi connectivity index (χ0v) is 29.8. The van der Waals surface area contributed by atoms with Gasteiger partial charge in [0.15, 0.2) is 0 Å². The molecule has 4 rings (SSSR count). The van der Waals surface area contributed by atoms with Crippen molar-refractivity contribution in [1.29, 1.82) is 0 Å². The summed E-state index contributed by atoms with van der Waals surface area (Å²) >= 11 is 24.5. The van der Waals surface area contributed by atoms with Crippen LogP contribution in [0.5, 0.6) is 0 Å². The van der Waals surface area contributed by atoms with Gasteiger partial charge < -0.3 is 35.9 Å². The summed E-state index contributed by atoms with van der Waals surface area (Å²) in [5.74, 6) is -2.25. The van der Waals surface area contributed by atoms with Gasteiger partial charge in [-0.05, 0) is 86.3 Å². The van der Waals surface area contributed by atoms with E-state index in [4.69, 9.17) is 46.4 Å². The maximum atomic E-state index is 10.9. The summed E-state index contributed by atoms with van der Waals surface area (Å²) < 4.78 is 0. The van der Waals surface area contributed by atoms with Gasteiger partial charge in [0, 0.05) is 46.2 Å². The van der Waals surface area contributed by atoms with Crippen molar-refractivity contribution in [2.75, 3.05) is 10.6 Å². The van der Waals surface area contributed by atoms with E-state index in [-0.39, 0.29) is 56.1 Å². The molecule has 4 N–H and O–H groups in total. The molecule has 0 aliphatic heterocycles. The van der Waals surface area contributed by atoms with Gasteiger partial charge in [0.05, 0.1) is 21.4 Å². The van der Waals surface area contributed by atoms with Crippen LogP contribution >= 0.6 is 46.4 Å². The van der Waals surface area contributed by atoms with E-state index in [0.29, 0.717) is 54.0 Å². The van der Waals surface area contributed by atoms with Crippen molar-refractivity contribution in [2.24, 2.45) is 0 Å². The number of benzene rings is 4. The number of carboxylic acids is 2. The third kappa shape index (κ3) is 11.0. The van der Waals surface area contributed by atoms with Gasteiger partial charge in [-0.3, -0.25) is 0 Å². The normalized spacial score (nSPS) is 10.0. The second-order valence-electron chi connectivity index (χ2n) is 9.74. The molecule has 4 aromatic carbocycles. The SMILES string of the molecule is Cc1ccc(Nc2ccc(Cl)c(C)c2Cl)c(CC(=O)[O-])c1.Cc1ccc(Nc2ccc(Cl)c(C)c2Cl)c(CC(=O)[O-])c1.O.[Ca+2]. The van der Waals surface area contributed by atoms with Crippen LogP contribution in [0.15, 0.2) is 60.7 Å². The average Bonchev–Trinajstić information content (AvgIpc) is 2.91. The number of carboxylic acid groups (broad SMARTS) is 2. The van der Waals surface area contributed by atoms with Gasteiger partial charge in [0.1, 0.15) is 0 Å². The molecule has 0 saturated heterocycles. The first-order chi connectivity index (χ1) is 19.8. The third-order valence-corrected chi connectivity index (χ3v) is 8.16. The molecule has 0 spiro atoms. The van der Waals surface area contributed by atoms with E-state index in [2.05, 4.69) is 10.6 Å². The fourth-order valence-corrected chi connectivity index (χ4v) is 4.93. The molecule has 0 saturated carbocycles. The summed E-state index contributed by atoms with van der Waals surface area (Å²) in [7, 11) is 0. The number of anilines is 4. The molecule has 0 fully saturated rings. The first-order valence-electron chi connectivity index (χ1n) is 12.8. The average molecular weight is 704 g/mol. The Hall–Kier alpha value is -2.20. The van der Waals surface area contributed by atoms with Crippen LogP contribution in [-0.2, 0) is 22.4 Å². The van der Waals surface area contributed by atoms with Crippen molar-refractivity contribution in [3.63, 3.8) is 0 Å². The fourth-order valence-electron chi connectivity index (χ4n) is 4.10. The van der Waals surface area contributed by atoms with Gasteiger partial charge in [-0.25, -0.2) is 0 Å². The Kier molecular flexibility index (Phi) is 16.4. The Balaban J connectivity index is 0.000000421. The number of hydrogen-bond donors (Lipinski definition) is 2. The molecule has 0 aliphatic carbocycles. The van der Waals surface area contributed by atoms with Crippen molar-refractivity contribution in [2.45, 2.75) is 40.5 Å². The van der Waals surface area contributed by atoms with E-state index in [1.807, 2.05) is 64.1 Å². The summed E-state index contributed by atoms with van der Waals surface area (Å²) in [5, 5.41) is 30.3. The topological polar surface area (TPSA) is 136 Å². The Morgan fingerprint density at radius 1 is 0.591 bits per heavy atom. The predicted octanol–water partition coefficient (Wildman–Crippen LogP) is 6.09. The van der Waals surface area contributed by atoms with E-state index >= 15 is 0 Å². The van der Waals surface area contributed by atoms with Crippen LogP contribution in [0, 0.1) is 27.7 Å². The van der Waals surface area contributed by atoms with Crippen molar-refractivity contribution in [3.05, 3.63) is 114 Å². The molecule has 228 valence electrons. The molecule has 7 nitrogen and oxygen atoms in total.